The Morgan fingerprint density at radius 1 is 1.25 bits per heavy atom. The van der Waals surface area contributed by atoms with E-state index in [1.54, 1.807) is 50.5 Å². The zero-order valence-electron chi connectivity index (χ0n) is 16.0. The average Bonchev–Trinajstić information content (AvgIpc) is 3.58. The van der Waals surface area contributed by atoms with Crippen LogP contribution >= 0.6 is 0 Å². The average molecular weight is 382 g/mol. The molecule has 0 saturated carbocycles. The van der Waals surface area contributed by atoms with Crippen LogP contribution in [0.15, 0.2) is 42.5 Å². The standard InChI is InChI=1S/C21H23N3O4/c1-22(2)20(26)16-4-3-5-17(13-16)28-19-12-15(6-7-18(19)25)14-27-21(23-8-9-23)24-10-11-24/h3-8,12-13,21H,9-11,14H2,1-2H3/p+1. The van der Waals surface area contributed by atoms with Crippen molar-refractivity contribution in [3.05, 3.63) is 53.6 Å². The smallest absolute Gasteiger partial charge is 0.322 e. The summed E-state index contributed by atoms with van der Waals surface area (Å²) in [6.45, 7) is 3.48. The number of carbonyl (C=O) groups excluding carboxylic acids is 1. The van der Waals surface area contributed by atoms with Crippen LogP contribution in [0.1, 0.15) is 15.9 Å². The molecule has 2 aromatic rings. The third-order valence-corrected chi connectivity index (χ3v) is 4.61. The topological polar surface area (TPSA) is 65.0 Å². The molecule has 0 spiro atoms. The number of aromatic hydroxyl groups is 1. The Balaban J connectivity index is 1.46. The lowest BCUT2D eigenvalue weighted by atomic mass is 10.2. The monoisotopic (exact) mass is 382 g/mol. The van der Waals surface area contributed by atoms with Crippen molar-refractivity contribution >= 4 is 12.1 Å². The summed E-state index contributed by atoms with van der Waals surface area (Å²) in [5.41, 5.74) is 1.43. The van der Waals surface area contributed by atoms with Crippen molar-refractivity contribution in [3.8, 4) is 17.2 Å². The first-order valence-corrected chi connectivity index (χ1v) is 9.27. The van der Waals surface area contributed by atoms with E-state index < -0.39 is 0 Å². The number of rotatable bonds is 8. The number of hydrogen-bond donors (Lipinski definition) is 1. The van der Waals surface area contributed by atoms with Crippen LogP contribution in [0, 0.1) is 0 Å². The molecule has 0 radical (unpaired) electrons. The minimum Gasteiger partial charge on any atom is -0.504 e. The number of hydrogen-bond acceptors (Lipinski definition) is 5. The van der Waals surface area contributed by atoms with E-state index in [0.29, 0.717) is 23.7 Å². The molecule has 1 atom stereocenters. The van der Waals surface area contributed by atoms with Crippen molar-refractivity contribution in [2.45, 2.75) is 13.0 Å². The number of benzene rings is 2. The fraction of sp³-hybridized carbons (Fsp3) is 0.333. The highest BCUT2D eigenvalue weighted by Crippen LogP contribution is 2.32. The third kappa shape index (κ3) is 4.32. The number of amides is 1. The quantitative estimate of drug-likeness (QED) is 0.560. The molecule has 146 valence electrons. The summed E-state index contributed by atoms with van der Waals surface area (Å²) in [4.78, 5) is 15.9. The van der Waals surface area contributed by atoms with E-state index in [1.807, 2.05) is 6.07 Å². The maximum absolute atomic E-state index is 12.1. The molecule has 4 rings (SSSR count). The Labute approximate surface area is 164 Å². The van der Waals surface area contributed by atoms with E-state index >= 15 is 0 Å². The lowest BCUT2D eigenvalue weighted by molar-refractivity contribution is -0.568. The van der Waals surface area contributed by atoms with E-state index in [2.05, 4.69) is 15.7 Å². The molecule has 1 unspecified atom stereocenters. The fourth-order valence-corrected chi connectivity index (χ4v) is 2.90. The molecule has 0 aliphatic carbocycles. The first-order chi connectivity index (χ1) is 13.5. The second-order valence-corrected chi connectivity index (χ2v) is 7.18. The maximum atomic E-state index is 12.1. The molecule has 2 aliphatic rings. The van der Waals surface area contributed by atoms with Gasteiger partial charge in [0.15, 0.2) is 11.5 Å². The second kappa shape index (κ2) is 7.61. The summed E-state index contributed by atoms with van der Waals surface area (Å²) in [5.74, 6) is 0.749. The predicted molar refractivity (Wildman–Crippen MR) is 104 cm³/mol. The number of ether oxygens (including phenoxy) is 2. The molecule has 1 fully saturated rings. The number of carbonyl (C=O) groups is 1. The minimum absolute atomic E-state index is 0.00750. The van der Waals surface area contributed by atoms with Crippen molar-refractivity contribution in [2.75, 3.05) is 33.7 Å². The molecule has 2 aromatic carbocycles. The van der Waals surface area contributed by atoms with Gasteiger partial charge in [0.1, 0.15) is 5.75 Å². The molecule has 0 bridgehead atoms. The van der Waals surface area contributed by atoms with Crippen molar-refractivity contribution in [2.24, 2.45) is 0 Å². The van der Waals surface area contributed by atoms with Crippen LogP contribution in [0.25, 0.3) is 0 Å². The highest BCUT2D eigenvalue weighted by molar-refractivity contribution is 5.94. The van der Waals surface area contributed by atoms with E-state index in [4.69, 9.17) is 9.47 Å². The molecular weight excluding hydrogens is 358 g/mol. The van der Waals surface area contributed by atoms with Crippen LogP contribution < -0.4 is 4.74 Å². The maximum Gasteiger partial charge on any atom is 0.322 e. The Hall–Kier alpha value is -2.90. The Morgan fingerprint density at radius 2 is 2.04 bits per heavy atom. The van der Waals surface area contributed by atoms with E-state index in [0.717, 1.165) is 25.2 Å². The zero-order chi connectivity index (χ0) is 19.7. The Morgan fingerprint density at radius 3 is 2.71 bits per heavy atom. The highest BCUT2D eigenvalue weighted by Gasteiger charge is 2.41. The van der Waals surface area contributed by atoms with Gasteiger partial charge >= 0.3 is 6.35 Å². The van der Waals surface area contributed by atoms with Gasteiger partial charge in [-0.1, -0.05) is 12.1 Å². The number of phenols is 1. The normalized spacial score (nSPS) is 16.3. The van der Waals surface area contributed by atoms with Gasteiger partial charge in [-0.2, -0.15) is 4.58 Å². The fourth-order valence-electron chi connectivity index (χ4n) is 2.90. The van der Waals surface area contributed by atoms with Gasteiger partial charge in [-0.3, -0.25) is 4.79 Å². The first kappa shape index (κ1) is 18.5. The van der Waals surface area contributed by atoms with Crippen molar-refractivity contribution in [1.82, 2.24) is 9.80 Å². The Bertz CT molecular complexity index is 922. The summed E-state index contributed by atoms with van der Waals surface area (Å²) in [5, 5.41) is 10.2. The summed E-state index contributed by atoms with van der Waals surface area (Å²) < 4.78 is 14.0. The van der Waals surface area contributed by atoms with E-state index in [1.165, 1.54) is 4.90 Å². The molecule has 1 amide bonds. The third-order valence-electron chi connectivity index (χ3n) is 4.61. The molecule has 2 aliphatic heterocycles. The van der Waals surface area contributed by atoms with Gasteiger partial charge < -0.3 is 19.5 Å². The number of nitrogens with zero attached hydrogens (tertiary/aromatic N) is 3. The lowest BCUT2D eigenvalue weighted by Gasteiger charge is -2.14. The minimum atomic E-state index is -0.107. The zero-order valence-corrected chi connectivity index (χ0v) is 16.0. The van der Waals surface area contributed by atoms with E-state index in [9.17, 15) is 9.90 Å². The molecular formula is C21H24N3O4+. The van der Waals surface area contributed by atoms with Crippen LogP contribution in [-0.2, 0) is 11.3 Å². The van der Waals surface area contributed by atoms with Crippen LogP contribution in [-0.4, -0.2) is 71.7 Å². The molecule has 2 heterocycles. The van der Waals surface area contributed by atoms with Gasteiger partial charge in [0, 0.05) is 32.7 Å². The first-order valence-electron chi connectivity index (χ1n) is 9.27. The molecule has 7 heteroatoms. The van der Waals surface area contributed by atoms with Gasteiger partial charge in [-0.25, -0.2) is 4.90 Å². The van der Waals surface area contributed by atoms with Crippen molar-refractivity contribution in [3.63, 3.8) is 0 Å². The lowest BCUT2D eigenvalue weighted by Crippen LogP contribution is -2.28. The van der Waals surface area contributed by atoms with Crippen LogP contribution in [0.2, 0.25) is 0 Å². The number of phenolic OH excluding ortho intramolecular Hbond substituents is 1. The molecule has 1 saturated heterocycles. The molecule has 7 nitrogen and oxygen atoms in total. The molecule has 0 aromatic heterocycles. The van der Waals surface area contributed by atoms with Gasteiger partial charge in [-0.05, 0) is 35.9 Å². The Kier molecular flexibility index (Phi) is 5.02. The summed E-state index contributed by atoms with van der Waals surface area (Å²) >= 11 is 0. The van der Waals surface area contributed by atoms with Gasteiger partial charge in [0.05, 0.1) is 6.61 Å². The van der Waals surface area contributed by atoms with Crippen LogP contribution in [0.4, 0.5) is 0 Å². The van der Waals surface area contributed by atoms with Crippen molar-refractivity contribution < 1.29 is 24.0 Å². The molecule has 28 heavy (non-hydrogen) atoms. The largest absolute Gasteiger partial charge is 0.504 e. The van der Waals surface area contributed by atoms with Gasteiger partial charge in [0.2, 0.25) is 12.8 Å². The van der Waals surface area contributed by atoms with Crippen LogP contribution in [0.5, 0.6) is 17.2 Å². The summed E-state index contributed by atoms with van der Waals surface area (Å²) in [6, 6.07) is 12.1. The SMILES string of the molecule is CN(C)C(=O)c1cccc(Oc2cc(COC(N3CC3)[N+]3=CC3)ccc2O)c1. The predicted octanol–water partition coefficient (Wildman–Crippen LogP) is 2.10. The molecule has 1 N–H and O–H groups in total. The summed E-state index contributed by atoms with van der Waals surface area (Å²) in [6.07, 6.45) is 2.10. The highest BCUT2D eigenvalue weighted by atomic mass is 16.5. The van der Waals surface area contributed by atoms with Crippen LogP contribution in [0.3, 0.4) is 0 Å². The van der Waals surface area contributed by atoms with Gasteiger partial charge in [-0.15, -0.1) is 0 Å². The van der Waals surface area contributed by atoms with E-state index in [-0.39, 0.29) is 18.0 Å². The summed E-state index contributed by atoms with van der Waals surface area (Å²) in [7, 11) is 3.40. The van der Waals surface area contributed by atoms with Crippen molar-refractivity contribution in [1.29, 1.82) is 0 Å². The van der Waals surface area contributed by atoms with Gasteiger partial charge in [0.25, 0.3) is 5.91 Å². The second-order valence-electron chi connectivity index (χ2n) is 7.18.